The summed E-state index contributed by atoms with van der Waals surface area (Å²) in [6.07, 6.45) is 3.05. The number of carbonyl (C=O) groups is 2. The van der Waals surface area contributed by atoms with E-state index in [1.54, 1.807) is 31.2 Å². The summed E-state index contributed by atoms with van der Waals surface area (Å²) in [5, 5.41) is 2.86. The Bertz CT molecular complexity index is 1090. The Balaban J connectivity index is 2.37. The highest BCUT2D eigenvalue weighted by Crippen LogP contribution is 2.23. The van der Waals surface area contributed by atoms with Gasteiger partial charge in [0.05, 0.1) is 18.6 Å². The van der Waals surface area contributed by atoms with Crippen molar-refractivity contribution in [2.75, 3.05) is 30.3 Å². The third-order valence-electron chi connectivity index (χ3n) is 5.60. The molecule has 10 heteroatoms. The number of hydrogen-bond donors (Lipinski definition) is 1. The number of ether oxygens (including phenoxy) is 1. The first kappa shape index (κ1) is 29.1. The molecule has 0 aliphatic heterocycles. The molecule has 198 valence electrons. The van der Waals surface area contributed by atoms with Crippen molar-refractivity contribution >= 4 is 27.5 Å². The molecule has 2 aromatic rings. The quantitative estimate of drug-likeness (QED) is 0.383. The number of rotatable bonds is 14. The monoisotopic (exact) mass is 521 g/mol. The summed E-state index contributed by atoms with van der Waals surface area (Å²) >= 11 is 0. The lowest BCUT2D eigenvalue weighted by molar-refractivity contribution is -0.140. The first-order valence-electron chi connectivity index (χ1n) is 12.1. The lowest BCUT2D eigenvalue weighted by Crippen LogP contribution is -2.52. The van der Waals surface area contributed by atoms with Crippen LogP contribution in [0.5, 0.6) is 5.75 Å². The summed E-state index contributed by atoms with van der Waals surface area (Å²) in [4.78, 5) is 27.9. The van der Waals surface area contributed by atoms with E-state index in [0.717, 1.165) is 23.4 Å². The number of nitrogens with one attached hydrogen (secondary N) is 1. The normalized spacial score (nSPS) is 12.0. The number of amides is 2. The first-order valence-corrected chi connectivity index (χ1v) is 14.0. The minimum Gasteiger partial charge on any atom is -0.494 e. The number of hydrogen-bond acceptors (Lipinski definition) is 5. The summed E-state index contributed by atoms with van der Waals surface area (Å²) in [5.74, 6) is -0.696. The van der Waals surface area contributed by atoms with Gasteiger partial charge in [-0.1, -0.05) is 32.4 Å². The molecule has 0 fully saturated rings. The van der Waals surface area contributed by atoms with Crippen molar-refractivity contribution in [3.8, 4) is 5.75 Å². The van der Waals surface area contributed by atoms with Crippen molar-refractivity contribution in [1.29, 1.82) is 0 Å². The molecule has 0 aromatic heterocycles. The Morgan fingerprint density at radius 3 is 2.19 bits per heavy atom. The van der Waals surface area contributed by atoms with Crippen LogP contribution in [0.4, 0.5) is 10.1 Å². The van der Waals surface area contributed by atoms with Gasteiger partial charge in [0.2, 0.25) is 21.8 Å². The molecular formula is C26H36FN3O5S. The van der Waals surface area contributed by atoms with Crippen LogP contribution in [0.3, 0.4) is 0 Å². The predicted molar refractivity (Wildman–Crippen MR) is 139 cm³/mol. The molecule has 0 bridgehead atoms. The Kier molecular flexibility index (Phi) is 11.2. The highest BCUT2D eigenvalue weighted by Gasteiger charge is 2.31. The first-order chi connectivity index (χ1) is 17.1. The molecule has 0 heterocycles. The molecule has 0 aliphatic carbocycles. The Morgan fingerprint density at radius 2 is 1.67 bits per heavy atom. The maximum absolute atomic E-state index is 13.6. The second-order valence-electron chi connectivity index (χ2n) is 8.41. The Morgan fingerprint density at radius 1 is 1.03 bits per heavy atom. The number of nitrogens with zero attached hydrogens (tertiary/aromatic N) is 2. The van der Waals surface area contributed by atoms with E-state index in [-0.39, 0.29) is 12.5 Å². The van der Waals surface area contributed by atoms with E-state index in [2.05, 4.69) is 5.32 Å². The second-order valence-corrected chi connectivity index (χ2v) is 10.3. The van der Waals surface area contributed by atoms with Crippen LogP contribution >= 0.6 is 0 Å². The molecule has 36 heavy (non-hydrogen) atoms. The maximum atomic E-state index is 13.6. The molecule has 8 nitrogen and oxygen atoms in total. The zero-order valence-electron chi connectivity index (χ0n) is 21.4. The third-order valence-corrected chi connectivity index (χ3v) is 6.74. The molecular weight excluding hydrogens is 485 g/mol. The van der Waals surface area contributed by atoms with Crippen molar-refractivity contribution in [3.05, 3.63) is 59.9 Å². The molecule has 1 unspecified atom stereocenters. The highest BCUT2D eigenvalue weighted by molar-refractivity contribution is 7.92. The van der Waals surface area contributed by atoms with Crippen LogP contribution in [0.25, 0.3) is 0 Å². The maximum Gasteiger partial charge on any atom is 0.244 e. The smallest absolute Gasteiger partial charge is 0.244 e. The van der Waals surface area contributed by atoms with E-state index in [0.29, 0.717) is 36.6 Å². The van der Waals surface area contributed by atoms with Gasteiger partial charge < -0.3 is 15.0 Å². The average Bonchev–Trinajstić information content (AvgIpc) is 2.84. The van der Waals surface area contributed by atoms with Crippen LogP contribution in [0, 0.1) is 5.82 Å². The number of anilines is 1. The van der Waals surface area contributed by atoms with Gasteiger partial charge in [-0.3, -0.25) is 13.9 Å². The summed E-state index contributed by atoms with van der Waals surface area (Å²) in [6, 6.07) is 11.2. The zero-order chi connectivity index (χ0) is 26.7. The minimum atomic E-state index is -3.83. The number of halogens is 1. The molecule has 0 saturated carbocycles. The topological polar surface area (TPSA) is 96.0 Å². The lowest BCUT2D eigenvalue weighted by atomic mass is 10.1. The van der Waals surface area contributed by atoms with Gasteiger partial charge in [0.15, 0.2) is 0 Å². The molecule has 0 radical (unpaired) electrons. The fourth-order valence-electron chi connectivity index (χ4n) is 3.70. The van der Waals surface area contributed by atoms with E-state index in [4.69, 9.17) is 4.74 Å². The van der Waals surface area contributed by atoms with Crippen LogP contribution in [0.1, 0.15) is 45.6 Å². The van der Waals surface area contributed by atoms with Crippen molar-refractivity contribution in [2.45, 2.75) is 52.6 Å². The second kappa shape index (κ2) is 13.8. The fraction of sp³-hybridized carbons (Fsp3) is 0.462. The number of benzene rings is 2. The molecule has 1 atom stereocenters. The predicted octanol–water partition coefficient (Wildman–Crippen LogP) is 3.71. The molecule has 2 aromatic carbocycles. The van der Waals surface area contributed by atoms with Crippen molar-refractivity contribution in [3.63, 3.8) is 0 Å². The van der Waals surface area contributed by atoms with Crippen LogP contribution < -0.4 is 14.4 Å². The number of carbonyl (C=O) groups excluding carboxylic acids is 2. The van der Waals surface area contributed by atoms with Crippen molar-refractivity contribution in [2.24, 2.45) is 0 Å². The van der Waals surface area contributed by atoms with Crippen LogP contribution in [0.15, 0.2) is 48.5 Å². The summed E-state index contributed by atoms with van der Waals surface area (Å²) in [6.45, 7) is 6.11. The Labute approximate surface area is 213 Å². The van der Waals surface area contributed by atoms with Gasteiger partial charge in [0.1, 0.15) is 24.2 Å². The van der Waals surface area contributed by atoms with E-state index >= 15 is 0 Å². The average molecular weight is 522 g/mol. The standard InChI is InChI=1S/C26H36FN3O5S/c1-5-8-17-28-26(32)24(6-2)29(18-20-9-11-21(27)12-10-20)25(31)19-30(36(4,33)34)22-13-15-23(16-14-22)35-7-3/h9-16,24H,5-8,17-19H2,1-4H3,(H,28,32). The molecule has 2 rings (SSSR count). The van der Waals surface area contributed by atoms with E-state index in [9.17, 15) is 22.4 Å². The molecule has 0 saturated heterocycles. The van der Waals surface area contributed by atoms with Gasteiger partial charge in [-0.2, -0.15) is 0 Å². The Hall–Kier alpha value is -3.14. The lowest BCUT2D eigenvalue weighted by Gasteiger charge is -2.33. The third kappa shape index (κ3) is 8.51. The van der Waals surface area contributed by atoms with E-state index < -0.39 is 34.3 Å². The van der Waals surface area contributed by atoms with Gasteiger partial charge in [-0.05, 0) is 61.7 Å². The van der Waals surface area contributed by atoms with Gasteiger partial charge >= 0.3 is 0 Å². The van der Waals surface area contributed by atoms with Gasteiger partial charge in [-0.25, -0.2) is 12.8 Å². The molecule has 0 spiro atoms. The van der Waals surface area contributed by atoms with Gasteiger partial charge in [0, 0.05) is 13.1 Å². The minimum absolute atomic E-state index is 0.0275. The van der Waals surface area contributed by atoms with Crippen molar-refractivity contribution in [1.82, 2.24) is 10.2 Å². The van der Waals surface area contributed by atoms with Crippen LogP contribution in [-0.4, -0.2) is 57.1 Å². The van der Waals surface area contributed by atoms with E-state index in [1.165, 1.54) is 29.2 Å². The summed E-state index contributed by atoms with van der Waals surface area (Å²) < 4.78 is 45.2. The molecule has 2 amide bonds. The zero-order valence-corrected chi connectivity index (χ0v) is 22.2. The SMILES string of the molecule is CCCCNC(=O)C(CC)N(Cc1ccc(F)cc1)C(=O)CN(c1ccc(OCC)cc1)S(C)(=O)=O. The number of unbranched alkanes of at least 4 members (excludes halogenated alkanes) is 1. The molecule has 1 N–H and O–H groups in total. The van der Waals surface area contributed by atoms with E-state index in [1.807, 2.05) is 13.8 Å². The van der Waals surface area contributed by atoms with Gasteiger partial charge in [-0.15, -0.1) is 0 Å². The summed E-state index contributed by atoms with van der Waals surface area (Å²) in [7, 11) is -3.83. The van der Waals surface area contributed by atoms with Gasteiger partial charge in [0.25, 0.3) is 0 Å². The number of sulfonamides is 1. The van der Waals surface area contributed by atoms with Crippen LogP contribution in [0.2, 0.25) is 0 Å². The van der Waals surface area contributed by atoms with Crippen molar-refractivity contribution < 1.29 is 27.1 Å². The fourth-order valence-corrected chi connectivity index (χ4v) is 4.55. The molecule has 0 aliphatic rings. The highest BCUT2D eigenvalue weighted by atomic mass is 32.2. The summed E-state index contributed by atoms with van der Waals surface area (Å²) in [5.41, 5.74) is 0.924. The largest absolute Gasteiger partial charge is 0.494 e. The van der Waals surface area contributed by atoms with Crippen LogP contribution in [-0.2, 0) is 26.2 Å².